The van der Waals surface area contributed by atoms with Crippen molar-refractivity contribution < 1.29 is 9.53 Å². The molecule has 1 aliphatic heterocycles. The van der Waals surface area contributed by atoms with Crippen LogP contribution in [0.4, 0.5) is 4.79 Å². The van der Waals surface area contributed by atoms with Gasteiger partial charge in [0, 0.05) is 18.8 Å². The third-order valence-electron chi connectivity index (χ3n) is 2.88. The van der Waals surface area contributed by atoms with Gasteiger partial charge in [-0.1, -0.05) is 12.1 Å². The lowest BCUT2D eigenvalue weighted by Crippen LogP contribution is -2.29. The molecule has 1 atom stereocenters. The molecule has 0 saturated carbocycles. The Hall–Kier alpha value is -1.36. The Morgan fingerprint density at radius 2 is 2.18 bits per heavy atom. The van der Waals surface area contributed by atoms with Crippen LogP contribution in [0.3, 0.4) is 0 Å². The summed E-state index contributed by atoms with van der Waals surface area (Å²) >= 11 is 4.14. The lowest BCUT2D eigenvalue weighted by Gasteiger charge is -2.13. The van der Waals surface area contributed by atoms with Gasteiger partial charge in [0.05, 0.1) is 13.2 Å². The van der Waals surface area contributed by atoms with E-state index in [0.717, 1.165) is 11.3 Å². The molecule has 1 aliphatic rings. The Bertz CT molecular complexity index is 394. The first-order valence-corrected chi connectivity index (χ1v) is 6.18. The highest BCUT2D eigenvalue weighted by Crippen LogP contribution is 2.22. The van der Waals surface area contributed by atoms with Gasteiger partial charge in [0.1, 0.15) is 5.75 Å². The summed E-state index contributed by atoms with van der Waals surface area (Å²) in [6, 6.07) is 7.82. The van der Waals surface area contributed by atoms with Crippen molar-refractivity contribution in [2.75, 3.05) is 26.0 Å². The van der Waals surface area contributed by atoms with Gasteiger partial charge in [0.25, 0.3) is 0 Å². The SMILES string of the molecule is COc1ccc(C2CN(CCS)C(=O)N2)cc1. The zero-order chi connectivity index (χ0) is 12.3. The van der Waals surface area contributed by atoms with E-state index >= 15 is 0 Å². The van der Waals surface area contributed by atoms with E-state index in [1.54, 1.807) is 12.0 Å². The molecule has 1 heterocycles. The molecular weight excluding hydrogens is 236 g/mol. The second kappa shape index (κ2) is 5.31. The maximum atomic E-state index is 11.6. The molecule has 1 aromatic carbocycles. The Balaban J connectivity index is 2.06. The van der Waals surface area contributed by atoms with Gasteiger partial charge in [-0.25, -0.2) is 4.79 Å². The van der Waals surface area contributed by atoms with Gasteiger partial charge >= 0.3 is 6.03 Å². The van der Waals surface area contributed by atoms with Crippen molar-refractivity contribution in [2.45, 2.75) is 6.04 Å². The van der Waals surface area contributed by atoms with Crippen LogP contribution in [-0.2, 0) is 0 Å². The lowest BCUT2D eigenvalue weighted by atomic mass is 10.1. The van der Waals surface area contributed by atoms with E-state index in [2.05, 4.69) is 17.9 Å². The zero-order valence-corrected chi connectivity index (χ0v) is 10.6. The monoisotopic (exact) mass is 252 g/mol. The van der Waals surface area contributed by atoms with Crippen molar-refractivity contribution in [1.82, 2.24) is 10.2 Å². The van der Waals surface area contributed by atoms with Crippen molar-refractivity contribution in [1.29, 1.82) is 0 Å². The average Bonchev–Trinajstić information content (AvgIpc) is 2.72. The first kappa shape index (κ1) is 12.1. The maximum absolute atomic E-state index is 11.6. The first-order valence-electron chi connectivity index (χ1n) is 5.55. The molecule has 17 heavy (non-hydrogen) atoms. The summed E-state index contributed by atoms with van der Waals surface area (Å²) in [5, 5.41) is 2.95. The molecule has 4 nitrogen and oxygen atoms in total. The fourth-order valence-corrected chi connectivity index (χ4v) is 2.17. The number of urea groups is 1. The van der Waals surface area contributed by atoms with Gasteiger partial charge in [-0.05, 0) is 17.7 Å². The molecular formula is C12H16N2O2S. The second-order valence-corrected chi connectivity index (χ2v) is 4.39. The number of nitrogens with one attached hydrogen (secondary N) is 1. The summed E-state index contributed by atoms with van der Waals surface area (Å²) < 4.78 is 5.10. The van der Waals surface area contributed by atoms with Crippen LogP contribution in [0.2, 0.25) is 0 Å². The molecule has 1 aromatic rings. The van der Waals surface area contributed by atoms with Gasteiger partial charge in [0.15, 0.2) is 0 Å². The van der Waals surface area contributed by atoms with Crippen molar-refractivity contribution in [3.05, 3.63) is 29.8 Å². The van der Waals surface area contributed by atoms with Crippen LogP contribution in [0.1, 0.15) is 11.6 Å². The molecule has 1 N–H and O–H groups in total. The molecule has 1 unspecified atom stereocenters. The van der Waals surface area contributed by atoms with Crippen LogP contribution < -0.4 is 10.1 Å². The number of hydrogen-bond donors (Lipinski definition) is 2. The third-order valence-corrected chi connectivity index (χ3v) is 3.08. The van der Waals surface area contributed by atoms with Crippen LogP contribution in [0.5, 0.6) is 5.75 Å². The van der Waals surface area contributed by atoms with E-state index in [0.29, 0.717) is 18.8 Å². The van der Waals surface area contributed by atoms with Gasteiger partial charge in [-0.3, -0.25) is 0 Å². The molecule has 1 fully saturated rings. The standard InChI is InChI=1S/C12H16N2O2S/c1-16-10-4-2-9(3-5-10)11-8-14(6-7-17)12(15)13-11/h2-5,11,17H,6-8H2,1H3,(H,13,15). The number of methoxy groups -OCH3 is 1. The summed E-state index contributed by atoms with van der Waals surface area (Å²) in [5.41, 5.74) is 1.10. The van der Waals surface area contributed by atoms with Gasteiger partial charge in [-0.15, -0.1) is 0 Å². The molecule has 5 heteroatoms. The van der Waals surface area contributed by atoms with Crippen LogP contribution in [-0.4, -0.2) is 36.9 Å². The Labute approximate surface area is 106 Å². The fraction of sp³-hybridized carbons (Fsp3) is 0.417. The average molecular weight is 252 g/mol. The van der Waals surface area contributed by atoms with Crippen molar-refractivity contribution in [3.63, 3.8) is 0 Å². The summed E-state index contributed by atoms with van der Waals surface area (Å²) in [6.07, 6.45) is 0. The smallest absolute Gasteiger partial charge is 0.318 e. The molecule has 2 amide bonds. The van der Waals surface area contributed by atoms with E-state index in [-0.39, 0.29) is 12.1 Å². The minimum atomic E-state index is -0.0140. The predicted octanol–water partition coefficient (Wildman–Crippen LogP) is 1.69. The van der Waals surface area contributed by atoms with Crippen molar-refractivity contribution in [3.8, 4) is 5.75 Å². The number of hydrogen-bond acceptors (Lipinski definition) is 3. The lowest BCUT2D eigenvalue weighted by molar-refractivity contribution is 0.220. The summed E-state index contributed by atoms with van der Waals surface area (Å²) in [4.78, 5) is 13.4. The Morgan fingerprint density at radius 3 is 2.76 bits per heavy atom. The quantitative estimate of drug-likeness (QED) is 0.801. The highest BCUT2D eigenvalue weighted by molar-refractivity contribution is 7.80. The number of carbonyl (C=O) groups is 1. The van der Waals surface area contributed by atoms with Gasteiger partial charge in [0.2, 0.25) is 0 Å². The van der Waals surface area contributed by atoms with Crippen LogP contribution in [0.25, 0.3) is 0 Å². The highest BCUT2D eigenvalue weighted by Gasteiger charge is 2.28. The van der Waals surface area contributed by atoms with E-state index in [1.165, 1.54) is 0 Å². The number of ether oxygens (including phenoxy) is 1. The maximum Gasteiger partial charge on any atom is 0.318 e. The number of thiol groups is 1. The van der Waals surface area contributed by atoms with Crippen LogP contribution in [0, 0.1) is 0 Å². The third kappa shape index (κ3) is 2.66. The molecule has 2 rings (SSSR count). The molecule has 0 spiro atoms. The van der Waals surface area contributed by atoms with Gasteiger partial charge in [-0.2, -0.15) is 12.6 Å². The molecule has 0 radical (unpaired) electrons. The van der Waals surface area contributed by atoms with E-state index < -0.39 is 0 Å². The summed E-state index contributed by atoms with van der Waals surface area (Å²) in [6.45, 7) is 1.38. The normalized spacial score (nSPS) is 19.3. The fourth-order valence-electron chi connectivity index (χ4n) is 1.93. The number of benzene rings is 1. The van der Waals surface area contributed by atoms with Crippen LogP contribution in [0.15, 0.2) is 24.3 Å². The number of rotatable bonds is 4. The number of amides is 2. The van der Waals surface area contributed by atoms with E-state index in [9.17, 15) is 4.79 Å². The molecule has 0 aliphatic carbocycles. The highest BCUT2D eigenvalue weighted by atomic mass is 32.1. The largest absolute Gasteiger partial charge is 0.497 e. The number of carbonyl (C=O) groups excluding carboxylic acids is 1. The zero-order valence-electron chi connectivity index (χ0n) is 9.72. The van der Waals surface area contributed by atoms with Crippen molar-refractivity contribution >= 4 is 18.7 Å². The van der Waals surface area contributed by atoms with E-state index in [1.807, 2.05) is 24.3 Å². The van der Waals surface area contributed by atoms with Crippen LogP contribution >= 0.6 is 12.6 Å². The summed E-state index contributed by atoms with van der Waals surface area (Å²) in [5.74, 6) is 1.51. The van der Waals surface area contributed by atoms with Crippen molar-refractivity contribution in [2.24, 2.45) is 0 Å². The predicted molar refractivity (Wildman–Crippen MR) is 69.7 cm³/mol. The molecule has 1 saturated heterocycles. The minimum Gasteiger partial charge on any atom is -0.497 e. The molecule has 0 aromatic heterocycles. The second-order valence-electron chi connectivity index (χ2n) is 3.94. The molecule has 0 bridgehead atoms. The topological polar surface area (TPSA) is 41.6 Å². The van der Waals surface area contributed by atoms with E-state index in [4.69, 9.17) is 4.74 Å². The number of nitrogens with zero attached hydrogens (tertiary/aromatic N) is 1. The summed E-state index contributed by atoms with van der Waals surface area (Å²) in [7, 11) is 1.64. The van der Waals surface area contributed by atoms with Gasteiger partial charge < -0.3 is 15.0 Å². The minimum absolute atomic E-state index is 0.0140. The molecule has 92 valence electrons. The first-order chi connectivity index (χ1) is 8.24. The Kier molecular flexibility index (Phi) is 3.78. The Morgan fingerprint density at radius 1 is 1.47 bits per heavy atom.